The average molecular weight is 510 g/mol. The lowest BCUT2D eigenvalue weighted by molar-refractivity contribution is 0.0425. The Morgan fingerprint density at radius 3 is 1.19 bits per heavy atom. The van der Waals surface area contributed by atoms with E-state index in [4.69, 9.17) is 9.47 Å². The Morgan fingerprint density at radius 1 is 0.432 bits per heavy atom. The van der Waals surface area contributed by atoms with Crippen molar-refractivity contribution in [2.24, 2.45) is 0 Å². The minimum atomic E-state index is -0.679. The van der Waals surface area contributed by atoms with Crippen molar-refractivity contribution in [2.45, 2.75) is 9.79 Å². The fourth-order valence-electron chi connectivity index (χ4n) is 3.82. The summed E-state index contributed by atoms with van der Waals surface area (Å²) in [4.78, 5) is 48.6. The molecule has 6 rings (SSSR count). The lowest BCUT2D eigenvalue weighted by Crippen LogP contribution is -1.96. The number of fused-ring (bicyclic) bond motifs is 2. The third-order valence-corrected chi connectivity index (χ3v) is 6.60. The van der Waals surface area contributed by atoms with E-state index < -0.39 is 23.9 Å². The number of hydrogen-bond acceptors (Lipinski definition) is 9. The molecule has 2 aliphatic rings. The number of ether oxygens (including phenoxy) is 4. The molecule has 0 spiro atoms. The zero-order valence-electron chi connectivity index (χ0n) is 18.8. The zero-order chi connectivity index (χ0) is 25.5. The number of esters is 4. The first-order chi connectivity index (χ1) is 17.9. The van der Waals surface area contributed by atoms with Crippen molar-refractivity contribution < 1.29 is 38.1 Å². The molecule has 2 heterocycles. The average Bonchev–Trinajstić information content (AvgIpc) is 3.34. The van der Waals surface area contributed by atoms with Gasteiger partial charge in [-0.25, -0.2) is 19.2 Å². The fraction of sp³-hybridized carbons (Fsp3) is 0. The van der Waals surface area contributed by atoms with Crippen LogP contribution in [0.15, 0.2) is 94.7 Å². The summed E-state index contributed by atoms with van der Waals surface area (Å²) in [7, 11) is 0. The van der Waals surface area contributed by atoms with Gasteiger partial charge in [0.05, 0.1) is 22.3 Å². The number of cyclic esters (lactones) is 4. The predicted octanol–water partition coefficient (Wildman–Crippen LogP) is 6.04. The Morgan fingerprint density at radius 2 is 0.784 bits per heavy atom. The van der Waals surface area contributed by atoms with Gasteiger partial charge in [0.2, 0.25) is 0 Å². The Labute approximate surface area is 213 Å². The van der Waals surface area contributed by atoms with E-state index in [2.05, 4.69) is 9.47 Å². The van der Waals surface area contributed by atoms with Crippen molar-refractivity contribution in [3.63, 3.8) is 0 Å². The zero-order valence-corrected chi connectivity index (χ0v) is 19.6. The molecule has 0 aliphatic carbocycles. The fourth-order valence-corrected chi connectivity index (χ4v) is 4.63. The molecule has 0 N–H and O–H groups in total. The van der Waals surface area contributed by atoms with Crippen molar-refractivity contribution >= 4 is 35.6 Å². The topological polar surface area (TPSA) is 105 Å². The number of carbonyl (C=O) groups is 4. The summed E-state index contributed by atoms with van der Waals surface area (Å²) >= 11 is 1.54. The maximum atomic E-state index is 11.7. The highest BCUT2D eigenvalue weighted by molar-refractivity contribution is 7.99. The molecule has 8 nitrogen and oxygen atoms in total. The Bertz CT molecular complexity index is 1490. The van der Waals surface area contributed by atoms with Gasteiger partial charge in [0, 0.05) is 9.79 Å². The van der Waals surface area contributed by atoms with E-state index in [-0.39, 0.29) is 22.3 Å². The van der Waals surface area contributed by atoms with Crippen LogP contribution < -0.4 is 9.47 Å². The lowest BCUT2D eigenvalue weighted by Gasteiger charge is -2.09. The molecular formula is C28H14O8S. The minimum absolute atomic E-state index is 0.191. The van der Waals surface area contributed by atoms with Crippen LogP contribution in [0.2, 0.25) is 0 Å². The van der Waals surface area contributed by atoms with E-state index in [0.29, 0.717) is 23.0 Å². The maximum absolute atomic E-state index is 11.7. The Hall–Kier alpha value is -4.89. The molecule has 0 fully saturated rings. The third kappa shape index (κ3) is 4.43. The molecule has 2 aliphatic heterocycles. The van der Waals surface area contributed by atoms with Gasteiger partial charge < -0.3 is 18.9 Å². The van der Waals surface area contributed by atoms with E-state index in [1.807, 2.05) is 24.3 Å². The van der Waals surface area contributed by atoms with Crippen molar-refractivity contribution in [3.8, 4) is 23.0 Å². The van der Waals surface area contributed by atoms with Crippen LogP contribution in [0.25, 0.3) is 0 Å². The highest BCUT2D eigenvalue weighted by Gasteiger charge is 2.30. The van der Waals surface area contributed by atoms with Crippen molar-refractivity contribution in [3.05, 3.63) is 107 Å². The summed E-state index contributed by atoms with van der Waals surface area (Å²) in [6, 6.07) is 24.1. The van der Waals surface area contributed by atoms with Crippen molar-refractivity contribution in [1.29, 1.82) is 0 Å². The molecule has 0 aromatic heterocycles. The van der Waals surface area contributed by atoms with Gasteiger partial charge in [-0.2, -0.15) is 0 Å². The normalized spacial score (nSPS) is 13.6. The highest BCUT2D eigenvalue weighted by Crippen LogP contribution is 2.34. The van der Waals surface area contributed by atoms with E-state index in [1.165, 1.54) is 24.3 Å². The van der Waals surface area contributed by atoms with E-state index in [1.54, 1.807) is 48.2 Å². The van der Waals surface area contributed by atoms with Crippen LogP contribution in [0, 0.1) is 0 Å². The molecule has 9 heteroatoms. The first kappa shape index (κ1) is 22.6. The second kappa shape index (κ2) is 8.96. The summed E-state index contributed by atoms with van der Waals surface area (Å²) in [6.45, 7) is 0. The smallest absolute Gasteiger partial charge is 0.347 e. The van der Waals surface area contributed by atoms with Crippen LogP contribution in [0.4, 0.5) is 0 Å². The van der Waals surface area contributed by atoms with Gasteiger partial charge in [0.15, 0.2) is 0 Å². The van der Waals surface area contributed by atoms with Crippen LogP contribution in [0.5, 0.6) is 23.0 Å². The van der Waals surface area contributed by atoms with Gasteiger partial charge in [0.1, 0.15) is 23.0 Å². The largest absolute Gasteiger partial charge is 0.457 e. The predicted molar refractivity (Wildman–Crippen MR) is 130 cm³/mol. The summed E-state index contributed by atoms with van der Waals surface area (Å²) in [5.74, 6) is -0.665. The standard InChI is InChI=1S/C28H14O8S/c29-25-21-11-5-17(13-23(21)27(31)35-25)33-15-1-7-19(8-2-15)37-20-9-3-16(4-10-20)34-18-6-12-22-24(14-18)28(32)36-26(22)30/h1-14H. The van der Waals surface area contributed by atoms with Gasteiger partial charge in [-0.05, 0) is 84.9 Å². The maximum Gasteiger partial charge on any atom is 0.347 e. The quantitative estimate of drug-likeness (QED) is 0.227. The molecule has 0 saturated heterocycles. The molecule has 0 atom stereocenters. The van der Waals surface area contributed by atoms with Gasteiger partial charge in [-0.3, -0.25) is 0 Å². The second-order valence-corrected chi connectivity index (χ2v) is 9.16. The summed E-state index contributed by atoms with van der Waals surface area (Å²) in [5.41, 5.74) is 0.842. The van der Waals surface area contributed by atoms with Gasteiger partial charge in [-0.15, -0.1) is 0 Å². The third-order valence-electron chi connectivity index (χ3n) is 5.59. The molecule has 0 radical (unpaired) electrons. The number of benzene rings is 4. The number of hydrogen-bond donors (Lipinski definition) is 0. The summed E-state index contributed by atoms with van der Waals surface area (Å²) < 4.78 is 20.8. The second-order valence-electron chi connectivity index (χ2n) is 8.02. The highest BCUT2D eigenvalue weighted by atomic mass is 32.2. The van der Waals surface area contributed by atoms with Crippen LogP contribution in [-0.2, 0) is 9.47 Å². The van der Waals surface area contributed by atoms with E-state index in [0.717, 1.165) is 9.79 Å². The summed E-state index contributed by atoms with van der Waals surface area (Å²) in [5, 5.41) is 0. The first-order valence-corrected chi connectivity index (χ1v) is 11.8. The van der Waals surface area contributed by atoms with Crippen LogP contribution in [0.3, 0.4) is 0 Å². The summed E-state index contributed by atoms with van der Waals surface area (Å²) in [6.07, 6.45) is 0. The first-order valence-electron chi connectivity index (χ1n) is 11.0. The van der Waals surface area contributed by atoms with Crippen LogP contribution >= 0.6 is 11.8 Å². The molecular weight excluding hydrogens is 496 g/mol. The van der Waals surface area contributed by atoms with E-state index in [9.17, 15) is 19.2 Å². The van der Waals surface area contributed by atoms with Crippen LogP contribution in [0.1, 0.15) is 41.4 Å². The van der Waals surface area contributed by atoms with Crippen LogP contribution in [-0.4, -0.2) is 23.9 Å². The van der Waals surface area contributed by atoms with Gasteiger partial charge >= 0.3 is 23.9 Å². The number of carbonyl (C=O) groups excluding carboxylic acids is 4. The van der Waals surface area contributed by atoms with Gasteiger partial charge in [0.25, 0.3) is 0 Å². The molecule has 37 heavy (non-hydrogen) atoms. The molecule has 0 saturated carbocycles. The Kier molecular flexibility index (Phi) is 5.46. The monoisotopic (exact) mass is 510 g/mol. The Balaban J connectivity index is 1.09. The molecule has 4 aromatic rings. The lowest BCUT2D eigenvalue weighted by atomic mass is 10.1. The molecule has 0 unspecified atom stereocenters. The molecule has 0 bridgehead atoms. The van der Waals surface area contributed by atoms with Gasteiger partial charge in [-0.1, -0.05) is 11.8 Å². The minimum Gasteiger partial charge on any atom is -0.457 e. The SMILES string of the molecule is O=C1OC(=O)c2cc(Oc3ccc(Sc4ccc(Oc5ccc6c(c5)C(=O)OC6=O)cc4)cc3)ccc21. The van der Waals surface area contributed by atoms with E-state index >= 15 is 0 Å². The van der Waals surface area contributed by atoms with Crippen molar-refractivity contribution in [1.82, 2.24) is 0 Å². The molecule has 0 amide bonds. The molecule has 180 valence electrons. The molecule has 4 aromatic carbocycles. The van der Waals surface area contributed by atoms with Crippen molar-refractivity contribution in [2.75, 3.05) is 0 Å². The number of rotatable bonds is 6.